The molecule has 0 radical (unpaired) electrons. The number of carbonyl (C=O) groups excluding carboxylic acids is 1. The summed E-state index contributed by atoms with van der Waals surface area (Å²) in [5, 5.41) is 3.15. The van der Waals surface area contributed by atoms with Crippen molar-refractivity contribution >= 4 is 36.4 Å². The first kappa shape index (κ1) is 27.0. The minimum Gasteiger partial charge on any atom is -0.325 e. The first-order valence-corrected chi connectivity index (χ1v) is 12.7. The third-order valence-electron chi connectivity index (χ3n) is 7.80. The van der Waals surface area contributed by atoms with Crippen LogP contribution in [0.1, 0.15) is 73.5 Å². The summed E-state index contributed by atoms with van der Waals surface area (Å²) in [5.41, 5.74) is 5.15. The van der Waals surface area contributed by atoms with Crippen LogP contribution in [0, 0.1) is 0 Å². The Morgan fingerprint density at radius 3 is 2.21 bits per heavy atom. The molecule has 34 heavy (non-hydrogen) atoms. The van der Waals surface area contributed by atoms with Crippen LogP contribution in [-0.4, -0.2) is 48.4 Å². The molecule has 1 aliphatic carbocycles. The molecule has 4 nitrogen and oxygen atoms in total. The molecule has 1 atom stereocenters. The maximum absolute atomic E-state index is 12.8. The third-order valence-corrected chi connectivity index (χ3v) is 7.80. The standard InChI is InChI=1S/C28H37N3O.2ClH/c32-28-25(14-15-30-16-18-31(19-17-30)21-22-8-4-3-5-9-22)26-20-24(12-13-27(26)29-28)23-10-6-1-2-7-11-23;;/h3-5,8-9,12-13,20,23,25H,1-2,6-7,10-11,14-19,21H2,(H,29,32);2*1H. The van der Waals surface area contributed by atoms with Gasteiger partial charge in [-0.25, -0.2) is 0 Å². The van der Waals surface area contributed by atoms with Crippen LogP contribution in [0.25, 0.3) is 0 Å². The van der Waals surface area contributed by atoms with E-state index in [1.54, 1.807) is 0 Å². The lowest BCUT2D eigenvalue weighted by Gasteiger charge is -2.35. The number of nitrogens with one attached hydrogen (secondary N) is 1. The lowest BCUT2D eigenvalue weighted by Crippen LogP contribution is -2.46. The second kappa shape index (κ2) is 12.9. The molecule has 3 aliphatic rings. The minimum absolute atomic E-state index is 0. The highest BCUT2D eigenvalue weighted by molar-refractivity contribution is 6.02. The van der Waals surface area contributed by atoms with E-state index in [-0.39, 0.29) is 36.6 Å². The molecule has 186 valence electrons. The summed E-state index contributed by atoms with van der Waals surface area (Å²) >= 11 is 0. The van der Waals surface area contributed by atoms with E-state index < -0.39 is 0 Å². The average Bonchev–Trinajstić information content (AvgIpc) is 2.97. The molecular weight excluding hydrogens is 465 g/mol. The highest BCUT2D eigenvalue weighted by atomic mass is 35.5. The highest BCUT2D eigenvalue weighted by Crippen LogP contribution is 2.39. The van der Waals surface area contributed by atoms with E-state index in [0.29, 0.717) is 5.92 Å². The fourth-order valence-corrected chi connectivity index (χ4v) is 5.82. The zero-order chi connectivity index (χ0) is 21.8. The number of hydrogen-bond donors (Lipinski definition) is 1. The molecule has 1 amide bonds. The number of piperazine rings is 1. The molecule has 0 spiro atoms. The number of carbonyl (C=O) groups is 1. The van der Waals surface area contributed by atoms with Gasteiger partial charge in [0.2, 0.25) is 5.91 Å². The van der Waals surface area contributed by atoms with Crippen LogP contribution in [0.4, 0.5) is 5.69 Å². The maximum atomic E-state index is 12.8. The van der Waals surface area contributed by atoms with Crippen molar-refractivity contribution in [2.75, 3.05) is 38.0 Å². The highest BCUT2D eigenvalue weighted by Gasteiger charge is 2.32. The molecule has 2 fully saturated rings. The number of amides is 1. The Labute approximate surface area is 217 Å². The van der Waals surface area contributed by atoms with Crippen molar-refractivity contribution < 1.29 is 4.79 Å². The SMILES string of the molecule is Cl.Cl.O=C1Nc2ccc(C3CCCCCC3)cc2C1CCN1CCN(Cc2ccccc2)CC1. The normalized spacial score (nSPS) is 21.6. The van der Waals surface area contributed by atoms with Crippen molar-refractivity contribution in [1.82, 2.24) is 9.80 Å². The van der Waals surface area contributed by atoms with Crippen LogP contribution in [0.15, 0.2) is 48.5 Å². The van der Waals surface area contributed by atoms with Crippen LogP contribution in [0.3, 0.4) is 0 Å². The van der Waals surface area contributed by atoms with Crippen LogP contribution in [-0.2, 0) is 11.3 Å². The van der Waals surface area contributed by atoms with Crippen molar-refractivity contribution in [3.8, 4) is 0 Å². The summed E-state index contributed by atoms with van der Waals surface area (Å²) in [6.45, 7) is 6.44. The van der Waals surface area contributed by atoms with Crippen LogP contribution < -0.4 is 5.32 Å². The van der Waals surface area contributed by atoms with Gasteiger partial charge in [-0.1, -0.05) is 68.1 Å². The molecular formula is C28H39Cl2N3O. The van der Waals surface area contributed by atoms with E-state index in [2.05, 4.69) is 63.6 Å². The Balaban J connectivity index is 0.00000162. The van der Waals surface area contributed by atoms with E-state index in [4.69, 9.17) is 0 Å². The van der Waals surface area contributed by atoms with Gasteiger partial charge < -0.3 is 10.2 Å². The molecule has 0 bridgehead atoms. The van der Waals surface area contributed by atoms with Gasteiger partial charge >= 0.3 is 0 Å². The molecule has 1 saturated carbocycles. The van der Waals surface area contributed by atoms with Crippen molar-refractivity contribution in [1.29, 1.82) is 0 Å². The Morgan fingerprint density at radius 1 is 0.824 bits per heavy atom. The van der Waals surface area contributed by atoms with E-state index in [1.807, 2.05) is 0 Å². The zero-order valence-electron chi connectivity index (χ0n) is 20.1. The molecule has 2 aliphatic heterocycles. The predicted molar refractivity (Wildman–Crippen MR) is 146 cm³/mol. The number of rotatable bonds is 6. The van der Waals surface area contributed by atoms with Gasteiger partial charge in [0, 0.05) is 38.4 Å². The summed E-state index contributed by atoms with van der Waals surface area (Å²) in [7, 11) is 0. The third kappa shape index (κ3) is 6.54. The average molecular weight is 505 g/mol. The Kier molecular flexibility index (Phi) is 10.3. The lowest BCUT2D eigenvalue weighted by atomic mass is 9.88. The second-order valence-electron chi connectivity index (χ2n) is 9.97. The van der Waals surface area contributed by atoms with Gasteiger partial charge in [0.1, 0.15) is 0 Å². The molecule has 5 rings (SSSR count). The van der Waals surface area contributed by atoms with E-state index in [9.17, 15) is 4.79 Å². The number of benzene rings is 2. The smallest absolute Gasteiger partial charge is 0.232 e. The van der Waals surface area contributed by atoms with Gasteiger partial charge in [0.25, 0.3) is 0 Å². The molecule has 1 unspecified atom stereocenters. The van der Waals surface area contributed by atoms with Crippen molar-refractivity contribution in [2.45, 2.75) is 63.3 Å². The summed E-state index contributed by atoms with van der Waals surface area (Å²) in [4.78, 5) is 17.9. The Bertz CT molecular complexity index is 907. The molecule has 1 saturated heterocycles. The number of anilines is 1. The summed E-state index contributed by atoms with van der Waals surface area (Å²) in [5.74, 6) is 0.885. The van der Waals surface area contributed by atoms with Gasteiger partial charge in [-0.2, -0.15) is 0 Å². The topological polar surface area (TPSA) is 35.6 Å². The molecule has 0 aromatic heterocycles. The summed E-state index contributed by atoms with van der Waals surface area (Å²) in [6.07, 6.45) is 8.98. The van der Waals surface area contributed by atoms with Gasteiger partial charge in [-0.15, -0.1) is 24.8 Å². The number of halogens is 2. The van der Waals surface area contributed by atoms with E-state index in [1.165, 1.54) is 55.2 Å². The number of nitrogens with zero attached hydrogens (tertiary/aromatic N) is 2. The van der Waals surface area contributed by atoms with Crippen LogP contribution >= 0.6 is 24.8 Å². The number of hydrogen-bond acceptors (Lipinski definition) is 3. The predicted octanol–water partition coefficient (Wildman–Crippen LogP) is 6.21. The lowest BCUT2D eigenvalue weighted by molar-refractivity contribution is -0.117. The number of fused-ring (bicyclic) bond motifs is 1. The Hall–Kier alpha value is -1.59. The van der Waals surface area contributed by atoms with Crippen LogP contribution in [0.5, 0.6) is 0 Å². The summed E-state index contributed by atoms with van der Waals surface area (Å²) < 4.78 is 0. The molecule has 2 heterocycles. The van der Waals surface area contributed by atoms with Gasteiger partial charge in [-0.05, 0) is 54.5 Å². The molecule has 1 N–H and O–H groups in total. The summed E-state index contributed by atoms with van der Waals surface area (Å²) in [6, 6.07) is 17.6. The van der Waals surface area contributed by atoms with Gasteiger partial charge in [-0.3, -0.25) is 9.69 Å². The molecule has 6 heteroatoms. The second-order valence-corrected chi connectivity index (χ2v) is 9.97. The minimum atomic E-state index is 0. The van der Waals surface area contributed by atoms with E-state index >= 15 is 0 Å². The monoisotopic (exact) mass is 503 g/mol. The Morgan fingerprint density at radius 2 is 1.50 bits per heavy atom. The largest absolute Gasteiger partial charge is 0.325 e. The molecule has 2 aromatic carbocycles. The first-order chi connectivity index (χ1) is 15.8. The quantitative estimate of drug-likeness (QED) is 0.475. The van der Waals surface area contributed by atoms with Crippen molar-refractivity contribution in [3.05, 3.63) is 65.2 Å². The van der Waals surface area contributed by atoms with Crippen LogP contribution in [0.2, 0.25) is 0 Å². The zero-order valence-corrected chi connectivity index (χ0v) is 21.7. The van der Waals surface area contributed by atoms with Crippen molar-refractivity contribution in [3.63, 3.8) is 0 Å². The van der Waals surface area contributed by atoms with E-state index in [0.717, 1.165) is 51.4 Å². The maximum Gasteiger partial charge on any atom is 0.232 e. The molecule has 2 aromatic rings. The van der Waals surface area contributed by atoms with Gasteiger partial charge in [0.05, 0.1) is 5.92 Å². The first-order valence-electron chi connectivity index (χ1n) is 12.7. The fourth-order valence-electron chi connectivity index (χ4n) is 5.82. The van der Waals surface area contributed by atoms with Crippen molar-refractivity contribution in [2.24, 2.45) is 0 Å². The fraction of sp³-hybridized carbons (Fsp3) is 0.536. The van der Waals surface area contributed by atoms with Gasteiger partial charge in [0.15, 0.2) is 0 Å².